The number of carbonyl (C=O) groups excluding carboxylic acids is 4. The van der Waals surface area contributed by atoms with Gasteiger partial charge in [-0.05, 0) is 66.5 Å². The average molecular weight is 499 g/mol. The van der Waals surface area contributed by atoms with Gasteiger partial charge in [-0.1, -0.05) is 18.2 Å². The number of amides is 3. The summed E-state index contributed by atoms with van der Waals surface area (Å²) in [5.74, 6) is 0.399. The van der Waals surface area contributed by atoms with Gasteiger partial charge in [-0.25, -0.2) is 0 Å². The van der Waals surface area contributed by atoms with Gasteiger partial charge in [-0.2, -0.15) is 0 Å². The van der Waals surface area contributed by atoms with E-state index in [9.17, 15) is 19.2 Å². The van der Waals surface area contributed by atoms with Crippen LogP contribution in [-0.4, -0.2) is 37.3 Å². The maximum Gasteiger partial charge on any atom is 0.316 e. The van der Waals surface area contributed by atoms with Crippen LogP contribution >= 0.6 is 0 Å². The highest BCUT2D eigenvalue weighted by molar-refractivity contribution is 6.22. The van der Waals surface area contributed by atoms with E-state index in [0.29, 0.717) is 34.7 Å². The van der Waals surface area contributed by atoms with Crippen LogP contribution in [0.15, 0.2) is 60.7 Å². The number of imide groups is 1. The number of carbonyl (C=O) groups is 4. The number of nitrogens with zero attached hydrogens (tertiary/aromatic N) is 2. The molecule has 6 aliphatic rings. The molecule has 0 aromatic heterocycles. The van der Waals surface area contributed by atoms with E-state index < -0.39 is 11.9 Å². The average Bonchev–Trinajstić information content (AvgIpc) is 3.59. The van der Waals surface area contributed by atoms with E-state index in [4.69, 9.17) is 9.47 Å². The van der Waals surface area contributed by atoms with Crippen molar-refractivity contribution in [3.05, 3.63) is 60.7 Å². The Morgan fingerprint density at radius 3 is 2.19 bits per heavy atom. The van der Waals surface area contributed by atoms with Gasteiger partial charge in [0.2, 0.25) is 17.7 Å². The predicted molar refractivity (Wildman–Crippen MR) is 133 cm³/mol. The number of anilines is 2. The molecule has 4 aliphatic carbocycles. The molecule has 2 bridgehead atoms. The first-order chi connectivity index (χ1) is 17.9. The van der Waals surface area contributed by atoms with Crippen molar-refractivity contribution in [2.75, 3.05) is 23.5 Å². The van der Waals surface area contributed by atoms with Gasteiger partial charge >= 0.3 is 5.97 Å². The predicted octanol–water partition coefficient (Wildman–Crippen LogP) is 3.21. The van der Waals surface area contributed by atoms with E-state index in [1.54, 1.807) is 60.5 Å². The molecule has 0 unspecified atom stereocenters. The van der Waals surface area contributed by atoms with Crippen LogP contribution in [-0.2, 0) is 19.2 Å². The van der Waals surface area contributed by atoms with Gasteiger partial charge in [0, 0.05) is 24.7 Å². The van der Waals surface area contributed by atoms with Gasteiger partial charge in [0.25, 0.3) is 0 Å². The van der Waals surface area contributed by atoms with Crippen LogP contribution in [0.1, 0.15) is 12.8 Å². The minimum atomic E-state index is -0.599. The van der Waals surface area contributed by atoms with Crippen molar-refractivity contribution in [1.82, 2.24) is 0 Å². The molecule has 0 N–H and O–H groups in total. The molecule has 2 aromatic carbocycles. The van der Waals surface area contributed by atoms with Crippen molar-refractivity contribution >= 4 is 35.1 Å². The Morgan fingerprint density at radius 1 is 0.865 bits per heavy atom. The number of ether oxygens (including phenoxy) is 2. The standard InChI is InChI=1S/C29H26N2O6/c1-36-19-4-2-3-17(12-19)30-14-15(11-24(30)32)29(35)37-18-7-5-16(6-8-18)31-27(33)25-20-9-10-21(23-13-22(20)23)26(25)28(31)34/h2-10,12,15,20-23,25-26H,11,13-14H2,1H3/t15-,20+,21+,22-,23+,25-,26-/m1/s1. The molecule has 8 heteroatoms. The summed E-state index contributed by atoms with van der Waals surface area (Å²) in [6, 6.07) is 13.6. The van der Waals surface area contributed by atoms with E-state index >= 15 is 0 Å². The lowest BCUT2D eigenvalue weighted by atomic mass is 9.63. The van der Waals surface area contributed by atoms with Gasteiger partial charge in [-0.3, -0.25) is 24.1 Å². The number of hydrogen-bond acceptors (Lipinski definition) is 6. The van der Waals surface area contributed by atoms with Crippen LogP contribution in [0.3, 0.4) is 0 Å². The number of rotatable bonds is 5. The van der Waals surface area contributed by atoms with Crippen LogP contribution in [0.25, 0.3) is 0 Å². The molecule has 4 fully saturated rings. The van der Waals surface area contributed by atoms with Crippen LogP contribution in [0.4, 0.5) is 11.4 Å². The second-order valence-electron chi connectivity index (χ2n) is 10.7. The quantitative estimate of drug-likeness (QED) is 0.272. The molecule has 2 saturated carbocycles. The van der Waals surface area contributed by atoms with Crippen LogP contribution < -0.4 is 19.3 Å². The molecular formula is C29H26N2O6. The molecule has 0 radical (unpaired) electrons. The van der Waals surface area contributed by atoms with Crippen molar-refractivity contribution in [2.24, 2.45) is 41.4 Å². The van der Waals surface area contributed by atoms with Crippen LogP contribution in [0.5, 0.6) is 11.5 Å². The second-order valence-corrected chi connectivity index (χ2v) is 10.7. The van der Waals surface area contributed by atoms with Gasteiger partial charge in [0.1, 0.15) is 11.5 Å². The fourth-order valence-corrected chi connectivity index (χ4v) is 6.97. The molecule has 8 rings (SSSR count). The number of esters is 1. The molecule has 8 nitrogen and oxygen atoms in total. The SMILES string of the molecule is COc1cccc(N2C[C@H](C(=O)Oc3ccc(N4C(=O)[C@@H]5[C@H]6C=C[C@@H]([C@@H]7C[C@H]67)[C@H]5C4=O)cc3)CC2=O)c1. The lowest BCUT2D eigenvalue weighted by Gasteiger charge is -2.37. The number of methoxy groups -OCH3 is 1. The van der Waals surface area contributed by atoms with Crippen molar-refractivity contribution in [3.8, 4) is 11.5 Å². The molecule has 2 saturated heterocycles. The third kappa shape index (κ3) is 3.35. The maximum absolute atomic E-state index is 13.3. The second kappa shape index (κ2) is 8.03. The summed E-state index contributed by atoms with van der Waals surface area (Å²) >= 11 is 0. The minimum Gasteiger partial charge on any atom is -0.497 e. The molecule has 2 aliphatic heterocycles. The summed E-state index contributed by atoms with van der Waals surface area (Å²) in [5, 5.41) is 0. The Hall–Kier alpha value is -3.94. The Morgan fingerprint density at radius 2 is 1.54 bits per heavy atom. The first-order valence-electron chi connectivity index (χ1n) is 12.8. The zero-order chi connectivity index (χ0) is 25.4. The molecule has 2 heterocycles. The monoisotopic (exact) mass is 498 g/mol. The van der Waals surface area contributed by atoms with Crippen LogP contribution in [0.2, 0.25) is 0 Å². The molecule has 2 aromatic rings. The highest BCUT2D eigenvalue weighted by atomic mass is 16.5. The zero-order valence-electron chi connectivity index (χ0n) is 20.3. The smallest absolute Gasteiger partial charge is 0.316 e. The largest absolute Gasteiger partial charge is 0.497 e. The number of benzene rings is 2. The molecule has 3 amide bonds. The summed E-state index contributed by atoms with van der Waals surface area (Å²) in [7, 11) is 1.56. The van der Waals surface area contributed by atoms with Crippen LogP contribution in [0, 0.1) is 41.4 Å². The Labute approximate surface area is 213 Å². The summed E-state index contributed by atoms with van der Waals surface area (Å²) in [6.07, 6.45) is 5.49. The summed E-state index contributed by atoms with van der Waals surface area (Å²) in [6.45, 7) is 0.223. The third-order valence-corrected chi connectivity index (χ3v) is 8.80. The van der Waals surface area contributed by atoms with E-state index in [1.165, 1.54) is 4.90 Å². The molecule has 0 spiro atoms. The van der Waals surface area contributed by atoms with Gasteiger partial charge in [-0.15, -0.1) is 0 Å². The van der Waals surface area contributed by atoms with E-state index in [1.807, 2.05) is 0 Å². The number of hydrogen-bond donors (Lipinski definition) is 0. The Balaban J connectivity index is 1.03. The molecule has 37 heavy (non-hydrogen) atoms. The third-order valence-electron chi connectivity index (χ3n) is 8.80. The van der Waals surface area contributed by atoms with Crippen molar-refractivity contribution in [3.63, 3.8) is 0 Å². The van der Waals surface area contributed by atoms with Gasteiger partial charge in [0.05, 0.1) is 30.6 Å². The van der Waals surface area contributed by atoms with Crippen molar-refractivity contribution in [1.29, 1.82) is 0 Å². The van der Waals surface area contributed by atoms with E-state index in [2.05, 4.69) is 12.2 Å². The van der Waals surface area contributed by atoms with E-state index in [0.717, 1.165) is 6.42 Å². The highest BCUT2D eigenvalue weighted by Crippen LogP contribution is 2.65. The summed E-state index contributed by atoms with van der Waals surface area (Å²) in [4.78, 5) is 54.9. The Bertz CT molecular complexity index is 1330. The minimum absolute atomic E-state index is 0.0615. The lowest BCUT2D eigenvalue weighted by Crippen LogP contribution is -2.40. The van der Waals surface area contributed by atoms with Crippen molar-refractivity contribution in [2.45, 2.75) is 12.8 Å². The van der Waals surface area contributed by atoms with Crippen molar-refractivity contribution < 1.29 is 28.7 Å². The fourth-order valence-electron chi connectivity index (χ4n) is 6.97. The zero-order valence-corrected chi connectivity index (χ0v) is 20.3. The Kier molecular flexibility index (Phi) is 4.83. The molecular weight excluding hydrogens is 472 g/mol. The van der Waals surface area contributed by atoms with Gasteiger partial charge in [0.15, 0.2) is 0 Å². The fraction of sp³-hybridized carbons (Fsp3) is 0.379. The number of allylic oxidation sites excluding steroid dienone is 2. The first-order valence-corrected chi connectivity index (χ1v) is 12.8. The lowest BCUT2D eigenvalue weighted by molar-refractivity contribution is -0.139. The highest BCUT2D eigenvalue weighted by Gasteiger charge is 2.67. The topological polar surface area (TPSA) is 93.2 Å². The van der Waals surface area contributed by atoms with Gasteiger partial charge < -0.3 is 14.4 Å². The summed E-state index contributed by atoms with van der Waals surface area (Å²) in [5.41, 5.74) is 1.17. The molecule has 7 atom stereocenters. The molecule has 188 valence electrons. The van der Waals surface area contributed by atoms with E-state index in [-0.39, 0.29) is 54.4 Å². The first kappa shape index (κ1) is 22.3. The maximum atomic E-state index is 13.3. The normalized spacial score (nSPS) is 33.0. The summed E-state index contributed by atoms with van der Waals surface area (Å²) < 4.78 is 10.8.